The average molecular weight is 417 g/mol. The van der Waals surface area contributed by atoms with Gasteiger partial charge in [-0.25, -0.2) is 17.8 Å². The average Bonchev–Trinajstić information content (AvgIpc) is 3.23. The second-order valence-electron chi connectivity index (χ2n) is 6.08. The highest BCUT2D eigenvalue weighted by Crippen LogP contribution is 2.33. The Morgan fingerprint density at radius 1 is 1.18 bits per heavy atom. The van der Waals surface area contributed by atoms with Gasteiger partial charge in [0.1, 0.15) is 16.5 Å². The van der Waals surface area contributed by atoms with Gasteiger partial charge < -0.3 is 4.74 Å². The van der Waals surface area contributed by atoms with Crippen molar-refractivity contribution in [2.24, 2.45) is 0 Å². The van der Waals surface area contributed by atoms with Crippen molar-refractivity contribution < 1.29 is 17.5 Å². The molecule has 6 nitrogen and oxygen atoms in total. The fraction of sp³-hybridized carbons (Fsp3) is 0.105. The first-order valence-electron chi connectivity index (χ1n) is 8.28. The molecule has 0 spiro atoms. The van der Waals surface area contributed by atoms with Gasteiger partial charge in [0.05, 0.1) is 18.5 Å². The van der Waals surface area contributed by atoms with Crippen LogP contribution < -0.4 is 9.46 Å². The Bertz CT molecular complexity index is 1260. The molecule has 0 aliphatic heterocycles. The van der Waals surface area contributed by atoms with E-state index in [0.29, 0.717) is 5.56 Å². The van der Waals surface area contributed by atoms with Gasteiger partial charge in [-0.2, -0.15) is 0 Å². The summed E-state index contributed by atoms with van der Waals surface area (Å²) < 4.78 is 48.7. The van der Waals surface area contributed by atoms with E-state index in [4.69, 9.17) is 4.74 Å². The molecule has 144 valence electrons. The molecule has 9 heteroatoms. The number of nitrogens with zero attached hydrogens (tertiary/aromatic N) is 2. The summed E-state index contributed by atoms with van der Waals surface area (Å²) >= 11 is 1.50. The van der Waals surface area contributed by atoms with E-state index in [9.17, 15) is 12.8 Å². The van der Waals surface area contributed by atoms with Gasteiger partial charge >= 0.3 is 0 Å². The summed E-state index contributed by atoms with van der Waals surface area (Å²) in [4.78, 5) is 5.33. The third kappa shape index (κ3) is 3.23. The number of benzene rings is 2. The van der Waals surface area contributed by atoms with E-state index >= 15 is 0 Å². The number of fused-ring (bicyclic) bond motifs is 1. The number of imidazole rings is 1. The predicted octanol–water partition coefficient (Wildman–Crippen LogP) is 4.32. The standard InChI is InChI=1S/C19H16FN3O3S2/c1-12-18(23-9-10-27-19(23)21-12)13-3-8-16(26-2)17(11-13)28(24,25)22-15-6-4-14(20)5-7-15/h3-11,22H,1-2H3. The number of hydrogen-bond acceptors (Lipinski definition) is 5. The molecule has 1 N–H and O–H groups in total. The first-order chi connectivity index (χ1) is 13.4. The molecule has 0 saturated heterocycles. The van der Waals surface area contributed by atoms with Gasteiger partial charge in [0.15, 0.2) is 4.96 Å². The molecule has 28 heavy (non-hydrogen) atoms. The van der Waals surface area contributed by atoms with Crippen LogP contribution in [-0.2, 0) is 10.0 Å². The number of sulfonamides is 1. The molecule has 4 aromatic rings. The normalized spacial score (nSPS) is 11.7. The number of ether oxygens (including phenoxy) is 1. The molecular formula is C19H16FN3O3S2. The Morgan fingerprint density at radius 3 is 2.64 bits per heavy atom. The maximum absolute atomic E-state index is 13.1. The van der Waals surface area contributed by atoms with Crippen LogP contribution in [0.5, 0.6) is 5.75 Å². The zero-order valence-corrected chi connectivity index (χ0v) is 16.6. The van der Waals surface area contributed by atoms with Crippen LogP contribution in [0.25, 0.3) is 16.2 Å². The monoisotopic (exact) mass is 417 g/mol. The number of hydrogen-bond donors (Lipinski definition) is 1. The van der Waals surface area contributed by atoms with Gasteiger partial charge in [0, 0.05) is 22.8 Å². The fourth-order valence-corrected chi connectivity index (χ4v) is 5.02. The number of halogens is 1. The summed E-state index contributed by atoms with van der Waals surface area (Å²) in [5.41, 5.74) is 2.57. The van der Waals surface area contributed by atoms with Crippen molar-refractivity contribution in [3.8, 4) is 17.0 Å². The SMILES string of the molecule is COc1ccc(-c2c(C)nc3sccn23)cc1S(=O)(=O)Nc1ccc(F)cc1. The van der Waals surface area contributed by atoms with E-state index < -0.39 is 15.8 Å². The molecule has 0 amide bonds. The molecule has 0 saturated carbocycles. The lowest BCUT2D eigenvalue weighted by Crippen LogP contribution is -2.14. The minimum absolute atomic E-state index is 0.0126. The number of thiazole rings is 1. The number of rotatable bonds is 5. The Kier molecular flexibility index (Phi) is 4.56. The van der Waals surface area contributed by atoms with Crippen LogP contribution in [-0.4, -0.2) is 24.9 Å². The zero-order valence-electron chi connectivity index (χ0n) is 15.0. The highest BCUT2D eigenvalue weighted by atomic mass is 32.2. The third-order valence-corrected chi connectivity index (χ3v) is 6.42. The summed E-state index contributed by atoms with van der Waals surface area (Å²) in [6, 6.07) is 10.1. The Balaban J connectivity index is 1.82. The Labute approximate surface area is 165 Å². The van der Waals surface area contributed by atoms with Crippen molar-refractivity contribution in [3.63, 3.8) is 0 Å². The number of methoxy groups -OCH3 is 1. The van der Waals surface area contributed by atoms with Gasteiger partial charge in [0.25, 0.3) is 10.0 Å². The van der Waals surface area contributed by atoms with Gasteiger partial charge in [-0.3, -0.25) is 9.12 Å². The van der Waals surface area contributed by atoms with Gasteiger partial charge in [-0.05, 0) is 49.4 Å². The van der Waals surface area contributed by atoms with Crippen molar-refractivity contribution in [2.45, 2.75) is 11.8 Å². The van der Waals surface area contributed by atoms with Crippen molar-refractivity contribution in [1.82, 2.24) is 9.38 Å². The quantitative estimate of drug-likeness (QED) is 0.525. The summed E-state index contributed by atoms with van der Waals surface area (Å²) in [5, 5.41) is 1.92. The third-order valence-electron chi connectivity index (χ3n) is 4.26. The van der Waals surface area contributed by atoms with Crippen LogP contribution in [0.2, 0.25) is 0 Å². The molecule has 0 atom stereocenters. The smallest absolute Gasteiger partial charge is 0.265 e. The van der Waals surface area contributed by atoms with Gasteiger partial charge in [-0.15, -0.1) is 11.3 Å². The largest absolute Gasteiger partial charge is 0.495 e. The van der Waals surface area contributed by atoms with Crippen molar-refractivity contribution in [2.75, 3.05) is 11.8 Å². The molecule has 0 radical (unpaired) electrons. The predicted molar refractivity (Wildman–Crippen MR) is 107 cm³/mol. The molecule has 0 aliphatic rings. The van der Waals surface area contributed by atoms with Crippen LogP contribution in [0.1, 0.15) is 5.69 Å². The summed E-state index contributed by atoms with van der Waals surface area (Å²) in [6.07, 6.45) is 1.89. The minimum Gasteiger partial charge on any atom is -0.495 e. The molecule has 4 rings (SSSR count). The highest BCUT2D eigenvalue weighted by molar-refractivity contribution is 7.92. The fourth-order valence-electron chi connectivity index (χ4n) is 3.00. The van der Waals surface area contributed by atoms with Crippen LogP contribution in [0.4, 0.5) is 10.1 Å². The van der Waals surface area contributed by atoms with E-state index in [0.717, 1.165) is 16.3 Å². The van der Waals surface area contributed by atoms with E-state index in [1.807, 2.05) is 22.9 Å². The summed E-state index contributed by atoms with van der Waals surface area (Å²) in [5.74, 6) is -0.236. The molecule has 2 aromatic heterocycles. The highest BCUT2D eigenvalue weighted by Gasteiger charge is 2.22. The lowest BCUT2D eigenvalue weighted by Gasteiger charge is -2.13. The van der Waals surface area contributed by atoms with Crippen molar-refractivity contribution in [3.05, 3.63) is 65.6 Å². The van der Waals surface area contributed by atoms with E-state index in [2.05, 4.69) is 9.71 Å². The van der Waals surface area contributed by atoms with Crippen LogP contribution in [0, 0.1) is 12.7 Å². The van der Waals surface area contributed by atoms with E-state index in [1.54, 1.807) is 18.2 Å². The zero-order chi connectivity index (χ0) is 19.9. The Morgan fingerprint density at radius 2 is 1.93 bits per heavy atom. The van der Waals surface area contributed by atoms with Crippen molar-refractivity contribution >= 4 is 32.0 Å². The lowest BCUT2D eigenvalue weighted by atomic mass is 10.1. The second-order valence-corrected chi connectivity index (χ2v) is 8.60. The second kappa shape index (κ2) is 6.92. The first kappa shape index (κ1) is 18.5. The molecular weight excluding hydrogens is 401 g/mol. The molecule has 2 aromatic carbocycles. The van der Waals surface area contributed by atoms with Gasteiger partial charge in [0.2, 0.25) is 0 Å². The molecule has 0 aliphatic carbocycles. The first-order valence-corrected chi connectivity index (χ1v) is 10.6. The number of aromatic nitrogens is 2. The molecule has 0 fully saturated rings. The Hall–Kier alpha value is -2.91. The number of anilines is 1. The summed E-state index contributed by atoms with van der Waals surface area (Å²) in [7, 11) is -2.55. The van der Waals surface area contributed by atoms with Crippen LogP contribution in [0.3, 0.4) is 0 Å². The van der Waals surface area contributed by atoms with Crippen LogP contribution >= 0.6 is 11.3 Å². The number of nitrogens with one attached hydrogen (secondary N) is 1. The van der Waals surface area contributed by atoms with E-state index in [-0.39, 0.29) is 16.3 Å². The minimum atomic E-state index is -3.96. The lowest BCUT2D eigenvalue weighted by molar-refractivity contribution is 0.403. The molecule has 0 bridgehead atoms. The summed E-state index contributed by atoms with van der Waals surface area (Å²) in [6.45, 7) is 1.88. The number of aryl methyl sites for hydroxylation is 1. The van der Waals surface area contributed by atoms with Crippen molar-refractivity contribution in [1.29, 1.82) is 0 Å². The maximum Gasteiger partial charge on any atom is 0.265 e. The van der Waals surface area contributed by atoms with E-state index in [1.165, 1.54) is 42.7 Å². The molecule has 2 heterocycles. The topological polar surface area (TPSA) is 72.7 Å². The molecule has 0 unspecified atom stereocenters. The van der Waals surface area contributed by atoms with Crippen LogP contribution in [0.15, 0.2) is 58.9 Å². The maximum atomic E-state index is 13.1. The van der Waals surface area contributed by atoms with Gasteiger partial charge in [-0.1, -0.05) is 0 Å².